The number of fused-ring (bicyclic) bond motifs is 2. The van der Waals surface area contributed by atoms with Gasteiger partial charge >= 0.3 is 0 Å². The number of nitrogens with zero attached hydrogens (tertiary/aromatic N) is 3. The van der Waals surface area contributed by atoms with Crippen LogP contribution in [0.1, 0.15) is 17.5 Å². The van der Waals surface area contributed by atoms with Gasteiger partial charge in [0, 0.05) is 44.1 Å². The molecule has 0 bridgehead atoms. The number of halogens is 2. The number of rotatable bonds is 5. The van der Waals surface area contributed by atoms with Crippen molar-refractivity contribution in [1.29, 1.82) is 0 Å². The molecule has 0 unspecified atom stereocenters. The number of para-hydroxylation sites is 2. The molecule has 2 aliphatic rings. The first-order valence-corrected chi connectivity index (χ1v) is 12.3. The van der Waals surface area contributed by atoms with E-state index in [1.54, 1.807) is 0 Å². The predicted octanol–water partition coefficient (Wildman–Crippen LogP) is 6.44. The SMILES string of the molecule is Clc1cccc(N2CCN(CCCN3c4ccccc4CCc4ccccc43)CC2)c1Cl. The molecule has 3 nitrogen and oxygen atoms in total. The van der Waals surface area contributed by atoms with Crippen LogP contribution in [0.2, 0.25) is 10.0 Å². The van der Waals surface area contributed by atoms with Crippen LogP contribution in [0.15, 0.2) is 66.7 Å². The number of anilines is 3. The zero-order valence-electron chi connectivity index (χ0n) is 18.3. The van der Waals surface area contributed by atoms with E-state index in [-0.39, 0.29) is 0 Å². The van der Waals surface area contributed by atoms with Gasteiger partial charge in [-0.15, -0.1) is 0 Å². The number of benzene rings is 3. The second kappa shape index (κ2) is 9.74. The second-order valence-corrected chi connectivity index (χ2v) is 9.45. The van der Waals surface area contributed by atoms with Crippen molar-refractivity contribution < 1.29 is 0 Å². The third-order valence-electron chi connectivity index (χ3n) is 6.73. The van der Waals surface area contributed by atoms with Gasteiger partial charge in [-0.25, -0.2) is 0 Å². The van der Waals surface area contributed by atoms with Crippen LogP contribution in [0.4, 0.5) is 17.1 Å². The highest BCUT2D eigenvalue weighted by Crippen LogP contribution is 2.36. The lowest BCUT2D eigenvalue weighted by atomic mass is 10.0. The average molecular weight is 466 g/mol. The molecule has 5 rings (SSSR count). The Hall–Kier alpha value is -2.20. The highest BCUT2D eigenvalue weighted by Gasteiger charge is 2.22. The highest BCUT2D eigenvalue weighted by atomic mass is 35.5. The maximum atomic E-state index is 6.44. The Balaban J connectivity index is 1.22. The van der Waals surface area contributed by atoms with Gasteiger partial charge in [0.25, 0.3) is 0 Å². The van der Waals surface area contributed by atoms with E-state index in [4.69, 9.17) is 23.2 Å². The molecule has 3 aromatic carbocycles. The van der Waals surface area contributed by atoms with E-state index in [2.05, 4.69) is 69.3 Å². The number of aryl methyl sites for hydroxylation is 2. The lowest BCUT2D eigenvalue weighted by Gasteiger charge is -2.37. The van der Waals surface area contributed by atoms with Gasteiger partial charge in [0.2, 0.25) is 0 Å². The van der Waals surface area contributed by atoms with Crippen LogP contribution in [-0.2, 0) is 12.8 Å². The van der Waals surface area contributed by atoms with E-state index in [1.807, 2.05) is 12.1 Å². The molecule has 0 amide bonds. The Morgan fingerprint density at radius 3 is 1.88 bits per heavy atom. The molecule has 1 saturated heterocycles. The molecular weight excluding hydrogens is 437 g/mol. The standard InChI is InChI=1S/C27H29Cl2N3/c28-23-9-5-12-26(27(23)29)31-19-17-30(18-20-31)15-6-16-32-24-10-3-1-7-21(24)13-14-22-8-2-4-11-25(22)32/h1-5,7-12H,6,13-20H2. The summed E-state index contributed by atoms with van der Waals surface area (Å²) in [5, 5.41) is 1.30. The molecule has 3 aromatic rings. The number of hydrogen-bond acceptors (Lipinski definition) is 3. The molecule has 5 heteroatoms. The fraction of sp³-hybridized carbons (Fsp3) is 0.333. The van der Waals surface area contributed by atoms with Gasteiger partial charge in [0.15, 0.2) is 0 Å². The van der Waals surface area contributed by atoms with Crippen molar-refractivity contribution >= 4 is 40.3 Å². The van der Waals surface area contributed by atoms with Crippen molar-refractivity contribution in [3.63, 3.8) is 0 Å². The molecule has 0 aromatic heterocycles. The Morgan fingerprint density at radius 2 is 1.22 bits per heavy atom. The topological polar surface area (TPSA) is 9.72 Å². The zero-order chi connectivity index (χ0) is 21.9. The molecule has 2 aliphatic heterocycles. The molecule has 0 atom stereocenters. The average Bonchev–Trinajstić information content (AvgIpc) is 2.99. The molecule has 166 valence electrons. The van der Waals surface area contributed by atoms with E-state index < -0.39 is 0 Å². The van der Waals surface area contributed by atoms with E-state index in [0.29, 0.717) is 10.0 Å². The van der Waals surface area contributed by atoms with Crippen molar-refractivity contribution in [2.45, 2.75) is 19.3 Å². The molecule has 32 heavy (non-hydrogen) atoms. The quantitative estimate of drug-likeness (QED) is 0.428. The zero-order valence-corrected chi connectivity index (χ0v) is 19.8. The summed E-state index contributed by atoms with van der Waals surface area (Å²) in [5.41, 5.74) is 6.71. The van der Waals surface area contributed by atoms with Crippen molar-refractivity contribution in [2.75, 3.05) is 49.1 Å². The first kappa shape index (κ1) is 21.6. The Bertz CT molecular complexity index is 1030. The van der Waals surface area contributed by atoms with Gasteiger partial charge in [-0.3, -0.25) is 4.90 Å². The lowest BCUT2D eigenvalue weighted by molar-refractivity contribution is 0.256. The largest absolute Gasteiger partial charge is 0.368 e. The van der Waals surface area contributed by atoms with Crippen LogP contribution < -0.4 is 9.80 Å². The summed E-state index contributed by atoms with van der Waals surface area (Å²) in [6, 6.07) is 23.7. The monoisotopic (exact) mass is 465 g/mol. The van der Waals surface area contributed by atoms with Gasteiger partial charge in [-0.1, -0.05) is 65.7 Å². The normalized spacial score (nSPS) is 16.4. The smallest absolute Gasteiger partial charge is 0.0825 e. The molecule has 0 saturated carbocycles. The van der Waals surface area contributed by atoms with E-state index >= 15 is 0 Å². The van der Waals surface area contributed by atoms with Crippen molar-refractivity contribution in [3.8, 4) is 0 Å². The van der Waals surface area contributed by atoms with Crippen LogP contribution in [-0.4, -0.2) is 44.2 Å². The van der Waals surface area contributed by atoms with Crippen molar-refractivity contribution in [1.82, 2.24) is 4.90 Å². The Morgan fingerprint density at radius 1 is 0.625 bits per heavy atom. The summed E-state index contributed by atoms with van der Waals surface area (Å²) in [5.74, 6) is 0. The van der Waals surface area contributed by atoms with Gasteiger partial charge in [0.05, 0.1) is 15.7 Å². The van der Waals surface area contributed by atoms with Crippen LogP contribution in [0, 0.1) is 0 Å². The van der Waals surface area contributed by atoms with Crippen molar-refractivity contribution in [3.05, 3.63) is 87.9 Å². The summed E-state index contributed by atoms with van der Waals surface area (Å²) in [4.78, 5) is 7.47. The Kier molecular flexibility index (Phi) is 6.59. The van der Waals surface area contributed by atoms with Crippen LogP contribution in [0.3, 0.4) is 0 Å². The maximum absolute atomic E-state index is 6.44. The van der Waals surface area contributed by atoms with Crippen LogP contribution >= 0.6 is 23.2 Å². The third kappa shape index (κ3) is 4.47. The molecule has 2 heterocycles. The number of hydrogen-bond donors (Lipinski definition) is 0. The number of piperazine rings is 1. The van der Waals surface area contributed by atoms with Crippen LogP contribution in [0.25, 0.3) is 0 Å². The van der Waals surface area contributed by atoms with Gasteiger partial charge in [-0.05, 0) is 61.2 Å². The molecule has 0 aliphatic carbocycles. The second-order valence-electron chi connectivity index (χ2n) is 8.66. The predicted molar refractivity (Wildman–Crippen MR) is 137 cm³/mol. The van der Waals surface area contributed by atoms with E-state index in [9.17, 15) is 0 Å². The molecule has 0 radical (unpaired) electrons. The minimum Gasteiger partial charge on any atom is -0.368 e. The third-order valence-corrected chi connectivity index (χ3v) is 7.54. The summed E-state index contributed by atoms with van der Waals surface area (Å²) < 4.78 is 0. The molecule has 1 fully saturated rings. The van der Waals surface area contributed by atoms with Gasteiger partial charge in [-0.2, -0.15) is 0 Å². The molecular formula is C27H29Cl2N3. The summed E-state index contributed by atoms with van der Waals surface area (Å²) in [6.45, 7) is 6.21. The van der Waals surface area contributed by atoms with E-state index in [0.717, 1.165) is 64.2 Å². The van der Waals surface area contributed by atoms with E-state index in [1.165, 1.54) is 22.5 Å². The minimum absolute atomic E-state index is 0.629. The van der Waals surface area contributed by atoms with Gasteiger partial charge in [0.1, 0.15) is 0 Å². The van der Waals surface area contributed by atoms with Gasteiger partial charge < -0.3 is 9.80 Å². The molecule has 0 spiro atoms. The minimum atomic E-state index is 0.629. The van der Waals surface area contributed by atoms with Crippen molar-refractivity contribution in [2.24, 2.45) is 0 Å². The first-order chi connectivity index (χ1) is 15.7. The summed E-state index contributed by atoms with van der Waals surface area (Å²) >= 11 is 12.6. The molecule has 0 N–H and O–H groups in total. The maximum Gasteiger partial charge on any atom is 0.0825 e. The lowest BCUT2D eigenvalue weighted by Crippen LogP contribution is -2.47. The summed E-state index contributed by atoms with van der Waals surface area (Å²) in [6.07, 6.45) is 3.36. The highest BCUT2D eigenvalue weighted by molar-refractivity contribution is 6.43. The fourth-order valence-electron chi connectivity index (χ4n) is 5.01. The first-order valence-electron chi connectivity index (χ1n) is 11.6. The fourth-order valence-corrected chi connectivity index (χ4v) is 5.43. The summed E-state index contributed by atoms with van der Waals surface area (Å²) in [7, 11) is 0. The Labute approximate surface area is 201 Å². The van der Waals surface area contributed by atoms with Crippen LogP contribution in [0.5, 0.6) is 0 Å².